The van der Waals surface area contributed by atoms with Gasteiger partial charge in [-0.25, -0.2) is 4.79 Å². The molecule has 2 rings (SSSR count). The number of urea groups is 1. The highest BCUT2D eigenvalue weighted by Gasteiger charge is 2.19. The van der Waals surface area contributed by atoms with Crippen molar-refractivity contribution in [3.05, 3.63) is 28.8 Å². The topological polar surface area (TPSA) is 97.8 Å². The van der Waals surface area contributed by atoms with Crippen LogP contribution in [0.25, 0.3) is 0 Å². The second kappa shape index (κ2) is 8.71. The average Bonchev–Trinajstić information content (AvgIpc) is 3.11. The van der Waals surface area contributed by atoms with Crippen molar-refractivity contribution in [1.29, 1.82) is 5.41 Å². The summed E-state index contributed by atoms with van der Waals surface area (Å²) in [5.41, 5.74) is 7.57. The molecule has 1 fully saturated rings. The second-order valence-electron chi connectivity index (χ2n) is 5.82. The van der Waals surface area contributed by atoms with Crippen molar-refractivity contribution >= 4 is 35.2 Å². The highest BCUT2D eigenvalue weighted by molar-refractivity contribution is 6.30. The first-order valence-corrected chi connectivity index (χ1v) is 8.88. The number of halogens is 1. The van der Waals surface area contributed by atoms with Crippen LogP contribution in [-0.2, 0) is 6.42 Å². The summed E-state index contributed by atoms with van der Waals surface area (Å²) in [4.78, 5) is 20.0. The highest BCUT2D eigenvalue weighted by Crippen LogP contribution is 2.25. The van der Waals surface area contributed by atoms with Gasteiger partial charge in [-0.2, -0.15) is 4.99 Å². The third-order valence-electron chi connectivity index (χ3n) is 4.14. The van der Waals surface area contributed by atoms with E-state index in [0.29, 0.717) is 11.6 Å². The zero-order valence-corrected chi connectivity index (χ0v) is 15.4. The van der Waals surface area contributed by atoms with Gasteiger partial charge in [-0.3, -0.25) is 15.6 Å². The Morgan fingerprint density at radius 2 is 2.08 bits per heavy atom. The minimum absolute atomic E-state index is 0.0765. The number of hydrogen-bond donors (Lipinski definition) is 3. The lowest BCUT2D eigenvalue weighted by atomic mass is 10.1. The van der Waals surface area contributed by atoms with Gasteiger partial charge in [0.05, 0.1) is 0 Å². The highest BCUT2D eigenvalue weighted by atomic mass is 35.5. The van der Waals surface area contributed by atoms with Crippen LogP contribution in [0, 0.1) is 5.41 Å². The van der Waals surface area contributed by atoms with Crippen molar-refractivity contribution in [3.8, 4) is 0 Å². The molecule has 1 aliphatic rings. The van der Waals surface area contributed by atoms with E-state index in [0.717, 1.165) is 43.6 Å². The van der Waals surface area contributed by atoms with Gasteiger partial charge < -0.3 is 10.6 Å². The van der Waals surface area contributed by atoms with Gasteiger partial charge in [-0.1, -0.05) is 18.5 Å². The van der Waals surface area contributed by atoms with E-state index in [-0.39, 0.29) is 18.0 Å². The minimum Gasteiger partial charge on any atom is -0.369 e. The normalized spacial score (nSPS) is 14.5. The summed E-state index contributed by atoms with van der Waals surface area (Å²) in [7, 11) is 0. The molecule has 7 nitrogen and oxygen atoms in total. The minimum atomic E-state index is -0.380. The maximum absolute atomic E-state index is 12.6. The fourth-order valence-corrected chi connectivity index (χ4v) is 3.04. The number of aryl methyl sites for hydroxylation is 1. The van der Waals surface area contributed by atoms with E-state index in [1.807, 2.05) is 30.9 Å². The Bertz CT molecular complexity index is 669. The Kier molecular flexibility index (Phi) is 6.64. The number of anilines is 1. The fourth-order valence-electron chi connectivity index (χ4n) is 2.84. The Hall–Kier alpha value is -2.28. The van der Waals surface area contributed by atoms with Crippen LogP contribution >= 0.6 is 11.6 Å². The summed E-state index contributed by atoms with van der Waals surface area (Å²) in [6.07, 6.45) is 2.84. The lowest BCUT2D eigenvalue weighted by Crippen LogP contribution is -2.47. The van der Waals surface area contributed by atoms with Gasteiger partial charge in [0.1, 0.15) is 0 Å². The van der Waals surface area contributed by atoms with E-state index in [9.17, 15) is 4.79 Å². The van der Waals surface area contributed by atoms with E-state index in [4.69, 9.17) is 22.7 Å². The standard InChI is InChI=1S/C17H25ClN6O/c1-3-12-11-13(18)7-8-14(12)24(4-2)17(25)22-15(19)21-16(20)23-9-5-6-10-23/h7-8,11H,3-6,9-10H2,1-2H3,(H4,19,20,21,22,25). The zero-order valence-electron chi connectivity index (χ0n) is 14.7. The first-order chi connectivity index (χ1) is 12.0. The van der Waals surface area contributed by atoms with Crippen LogP contribution in [0.15, 0.2) is 23.2 Å². The first-order valence-electron chi connectivity index (χ1n) is 8.50. The summed E-state index contributed by atoms with van der Waals surface area (Å²) in [6.45, 7) is 5.96. The van der Waals surface area contributed by atoms with E-state index in [2.05, 4.69) is 10.3 Å². The van der Waals surface area contributed by atoms with E-state index < -0.39 is 0 Å². The number of aliphatic imine (C=N–C) groups is 1. The Morgan fingerprint density at radius 3 is 2.68 bits per heavy atom. The van der Waals surface area contributed by atoms with Gasteiger partial charge in [0.25, 0.3) is 0 Å². The van der Waals surface area contributed by atoms with Crippen LogP contribution in [-0.4, -0.2) is 42.5 Å². The van der Waals surface area contributed by atoms with Crippen molar-refractivity contribution in [3.63, 3.8) is 0 Å². The molecule has 0 saturated carbocycles. The van der Waals surface area contributed by atoms with Gasteiger partial charge in [0.15, 0.2) is 0 Å². The molecular weight excluding hydrogens is 340 g/mol. The van der Waals surface area contributed by atoms with Crippen molar-refractivity contribution in [1.82, 2.24) is 10.2 Å². The van der Waals surface area contributed by atoms with Crippen LogP contribution < -0.4 is 16.0 Å². The van der Waals surface area contributed by atoms with Gasteiger partial charge in [0.2, 0.25) is 11.9 Å². The Labute approximate surface area is 153 Å². The molecule has 0 bridgehead atoms. The number of benzene rings is 1. The van der Waals surface area contributed by atoms with Crippen molar-refractivity contribution < 1.29 is 4.79 Å². The summed E-state index contributed by atoms with van der Waals surface area (Å²) in [6, 6.07) is 5.05. The summed E-state index contributed by atoms with van der Waals surface area (Å²) in [5.74, 6) is 0.00597. The molecule has 0 radical (unpaired) electrons. The molecule has 1 aromatic carbocycles. The van der Waals surface area contributed by atoms with Crippen LogP contribution in [0.2, 0.25) is 5.02 Å². The fraction of sp³-hybridized carbons (Fsp3) is 0.471. The van der Waals surface area contributed by atoms with Crippen LogP contribution in [0.5, 0.6) is 0 Å². The number of nitrogens with two attached hydrogens (primary N) is 1. The van der Waals surface area contributed by atoms with E-state index in [1.54, 1.807) is 11.0 Å². The molecular formula is C17H25ClN6O. The van der Waals surface area contributed by atoms with Crippen LogP contribution in [0.1, 0.15) is 32.3 Å². The second-order valence-corrected chi connectivity index (χ2v) is 6.25. The monoisotopic (exact) mass is 364 g/mol. The third kappa shape index (κ3) is 4.85. The molecule has 0 atom stereocenters. The van der Waals surface area contributed by atoms with Gasteiger partial charge in [-0.05, 0) is 49.9 Å². The number of hydrogen-bond acceptors (Lipinski definition) is 2. The van der Waals surface area contributed by atoms with Crippen molar-refractivity contribution in [2.75, 3.05) is 24.5 Å². The number of guanidine groups is 2. The largest absolute Gasteiger partial charge is 0.369 e. The van der Waals surface area contributed by atoms with Crippen LogP contribution in [0.3, 0.4) is 0 Å². The third-order valence-corrected chi connectivity index (χ3v) is 4.38. The predicted octanol–water partition coefficient (Wildman–Crippen LogP) is 2.78. The summed E-state index contributed by atoms with van der Waals surface area (Å²) >= 11 is 6.04. The summed E-state index contributed by atoms with van der Waals surface area (Å²) in [5, 5.41) is 11.1. The molecule has 4 N–H and O–H groups in total. The Balaban J connectivity index is 2.10. The number of carbonyl (C=O) groups is 1. The maximum Gasteiger partial charge on any atom is 0.328 e. The molecule has 8 heteroatoms. The molecule has 1 aromatic rings. The summed E-state index contributed by atoms with van der Waals surface area (Å²) < 4.78 is 0. The van der Waals surface area contributed by atoms with E-state index >= 15 is 0 Å². The van der Waals surface area contributed by atoms with Crippen LogP contribution in [0.4, 0.5) is 10.5 Å². The lowest BCUT2D eigenvalue weighted by Gasteiger charge is -2.24. The number of likely N-dealkylation sites (tertiary alicyclic amines) is 1. The molecule has 136 valence electrons. The molecule has 0 aliphatic carbocycles. The average molecular weight is 365 g/mol. The first kappa shape index (κ1) is 19.1. The number of nitrogens with zero attached hydrogens (tertiary/aromatic N) is 3. The Morgan fingerprint density at radius 1 is 1.40 bits per heavy atom. The zero-order chi connectivity index (χ0) is 18.4. The predicted molar refractivity (Wildman–Crippen MR) is 103 cm³/mol. The molecule has 0 spiro atoms. The SMILES string of the molecule is CCc1cc(Cl)ccc1N(CC)C(=O)N/C(N)=N/C(=N)N1CCCC1. The molecule has 2 amide bonds. The molecule has 1 aliphatic heterocycles. The van der Waals surface area contributed by atoms with Crippen molar-refractivity contribution in [2.24, 2.45) is 10.7 Å². The van der Waals surface area contributed by atoms with Crippen molar-refractivity contribution in [2.45, 2.75) is 33.1 Å². The number of amides is 2. The molecule has 0 aromatic heterocycles. The molecule has 1 saturated heterocycles. The smallest absolute Gasteiger partial charge is 0.328 e. The number of nitrogens with one attached hydrogen (secondary N) is 2. The van der Waals surface area contributed by atoms with Gasteiger partial charge in [-0.15, -0.1) is 0 Å². The maximum atomic E-state index is 12.6. The van der Waals surface area contributed by atoms with E-state index in [1.165, 1.54) is 0 Å². The molecule has 0 unspecified atom stereocenters. The number of rotatable bonds is 3. The van der Waals surface area contributed by atoms with Gasteiger partial charge >= 0.3 is 6.03 Å². The molecule has 1 heterocycles. The van der Waals surface area contributed by atoms with Gasteiger partial charge in [0, 0.05) is 30.3 Å². The lowest BCUT2D eigenvalue weighted by molar-refractivity contribution is 0.250. The quantitative estimate of drug-likeness (QED) is 0.568. The molecule has 25 heavy (non-hydrogen) atoms. The number of carbonyl (C=O) groups excluding carboxylic acids is 1.